The topological polar surface area (TPSA) is 66.6 Å². The van der Waals surface area contributed by atoms with Crippen LogP contribution in [0.25, 0.3) is 10.9 Å². The van der Waals surface area contributed by atoms with Crippen molar-refractivity contribution < 1.29 is 14.3 Å². The van der Waals surface area contributed by atoms with Gasteiger partial charge in [0.1, 0.15) is 5.75 Å². The van der Waals surface area contributed by atoms with Crippen molar-refractivity contribution in [1.29, 1.82) is 0 Å². The maximum absolute atomic E-state index is 12.2. The standard InChI is InChI=1S/C24H29N3O3/c1-29-17-5-6-19-18(12-17)15(14-26-19)7-8-25-20-10-16-11-23(28)30-24(16)13-21(20)27-9-3-2-4-22(24)27/h5-6,11-12,14,20-22,25-26H,2-4,7-10,13H2,1H3. The van der Waals surface area contributed by atoms with E-state index in [1.54, 1.807) is 13.2 Å². The van der Waals surface area contributed by atoms with Gasteiger partial charge in [0.25, 0.3) is 0 Å². The van der Waals surface area contributed by atoms with Crippen LogP contribution in [0.15, 0.2) is 36.0 Å². The highest BCUT2D eigenvalue weighted by atomic mass is 16.6. The number of nitrogens with zero attached hydrogens (tertiary/aromatic N) is 1. The van der Waals surface area contributed by atoms with Crippen molar-refractivity contribution in [2.45, 2.75) is 62.3 Å². The summed E-state index contributed by atoms with van der Waals surface area (Å²) in [5.41, 5.74) is 3.36. The first-order valence-corrected chi connectivity index (χ1v) is 11.2. The van der Waals surface area contributed by atoms with Gasteiger partial charge in [0.05, 0.1) is 13.2 Å². The minimum atomic E-state index is -0.326. The minimum absolute atomic E-state index is 0.135. The molecule has 4 atom stereocenters. The number of piperidine rings is 1. The second-order valence-corrected chi connectivity index (χ2v) is 9.24. The largest absolute Gasteiger partial charge is 0.497 e. The van der Waals surface area contributed by atoms with Gasteiger partial charge in [-0.15, -0.1) is 0 Å². The SMILES string of the molecule is COc1ccc2[nH]cc(CCNC3CC4=CC(=O)OC45CC3N3CCCCC35)c2c1. The molecule has 4 heterocycles. The third-order valence-corrected chi connectivity index (χ3v) is 7.82. The first kappa shape index (κ1) is 18.5. The number of fused-ring (bicyclic) bond motifs is 4. The maximum Gasteiger partial charge on any atom is 0.331 e. The molecule has 1 aromatic carbocycles. The lowest BCUT2D eigenvalue weighted by atomic mass is 9.75. The molecule has 6 heteroatoms. The second kappa shape index (κ2) is 6.86. The van der Waals surface area contributed by atoms with Gasteiger partial charge < -0.3 is 19.8 Å². The zero-order valence-electron chi connectivity index (χ0n) is 17.4. The van der Waals surface area contributed by atoms with Crippen LogP contribution < -0.4 is 10.1 Å². The number of rotatable bonds is 5. The predicted molar refractivity (Wildman–Crippen MR) is 115 cm³/mol. The van der Waals surface area contributed by atoms with Gasteiger partial charge in [-0.2, -0.15) is 0 Å². The summed E-state index contributed by atoms with van der Waals surface area (Å²) in [6, 6.07) is 7.38. The Morgan fingerprint density at radius 3 is 3.20 bits per heavy atom. The van der Waals surface area contributed by atoms with Crippen molar-refractivity contribution in [3.8, 4) is 5.75 Å². The van der Waals surface area contributed by atoms with E-state index in [2.05, 4.69) is 33.5 Å². The third kappa shape index (κ3) is 2.66. The Kier molecular flexibility index (Phi) is 4.22. The van der Waals surface area contributed by atoms with Crippen LogP contribution in [0.2, 0.25) is 0 Å². The van der Waals surface area contributed by atoms with Crippen molar-refractivity contribution in [2.75, 3.05) is 20.2 Å². The molecule has 6 rings (SSSR count). The van der Waals surface area contributed by atoms with Gasteiger partial charge in [-0.05, 0) is 68.1 Å². The zero-order valence-corrected chi connectivity index (χ0v) is 17.4. The van der Waals surface area contributed by atoms with Crippen LogP contribution in [0.1, 0.15) is 37.7 Å². The molecule has 2 saturated heterocycles. The summed E-state index contributed by atoms with van der Waals surface area (Å²) >= 11 is 0. The van der Waals surface area contributed by atoms with Gasteiger partial charge in [0, 0.05) is 41.7 Å². The molecule has 1 spiro atoms. The van der Waals surface area contributed by atoms with Crippen molar-refractivity contribution in [3.05, 3.63) is 41.6 Å². The summed E-state index contributed by atoms with van der Waals surface area (Å²) in [7, 11) is 1.71. The lowest BCUT2D eigenvalue weighted by molar-refractivity contribution is -0.148. The van der Waals surface area contributed by atoms with E-state index in [1.165, 1.54) is 29.4 Å². The number of hydrogen-bond acceptors (Lipinski definition) is 5. The quantitative estimate of drug-likeness (QED) is 0.746. The fourth-order valence-electron chi connectivity index (χ4n) is 6.48. The number of ether oxygens (including phenoxy) is 2. The van der Waals surface area contributed by atoms with Crippen LogP contribution in [0.3, 0.4) is 0 Å². The predicted octanol–water partition coefficient (Wildman–Crippen LogP) is 2.93. The highest BCUT2D eigenvalue weighted by Crippen LogP contribution is 2.53. The first-order chi connectivity index (χ1) is 14.7. The molecule has 4 aliphatic rings. The Labute approximate surface area is 176 Å². The molecular formula is C24H29N3O3. The first-order valence-electron chi connectivity index (χ1n) is 11.2. The van der Waals surface area contributed by atoms with E-state index >= 15 is 0 Å². The highest BCUT2D eigenvalue weighted by Gasteiger charge is 2.63. The van der Waals surface area contributed by atoms with E-state index in [4.69, 9.17) is 9.47 Å². The molecule has 30 heavy (non-hydrogen) atoms. The molecular weight excluding hydrogens is 378 g/mol. The minimum Gasteiger partial charge on any atom is -0.497 e. The Bertz CT molecular complexity index is 1030. The molecule has 2 N–H and O–H groups in total. The van der Waals surface area contributed by atoms with E-state index in [-0.39, 0.29) is 11.6 Å². The normalized spacial score (nSPS) is 32.6. The third-order valence-electron chi connectivity index (χ3n) is 7.82. The lowest BCUT2D eigenvalue weighted by Crippen LogP contribution is -2.50. The summed E-state index contributed by atoms with van der Waals surface area (Å²) in [4.78, 5) is 18.2. The van der Waals surface area contributed by atoms with Crippen LogP contribution in [-0.4, -0.2) is 59.8 Å². The molecule has 3 fully saturated rings. The molecule has 4 unspecified atom stereocenters. The summed E-state index contributed by atoms with van der Waals surface area (Å²) in [5, 5.41) is 5.07. The van der Waals surface area contributed by atoms with E-state index < -0.39 is 0 Å². The fourth-order valence-corrected chi connectivity index (χ4v) is 6.48. The van der Waals surface area contributed by atoms with Crippen LogP contribution in [0.5, 0.6) is 5.75 Å². The monoisotopic (exact) mass is 407 g/mol. The number of methoxy groups -OCH3 is 1. The Morgan fingerprint density at radius 1 is 1.37 bits per heavy atom. The smallest absolute Gasteiger partial charge is 0.331 e. The second-order valence-electron chi connectivity index (χ2n) is 9.24. The zero-order chi connectivity index (χ0) is 20.3. The number of aromatic amines is 1. The van der Waals surface area contributed by atoms with E-state index in [0.29, 0.717) is 18.1 Å². The Morgan fingerprint density at radius 2 is 2.30 bits per heavy atom. The van der Waals surface area contributed by atoms with E-state index in [0.717, 1.165) is 50.0 Å². The molecule has 1 aromatic heterocycles. The number of esters is 1. The Hall–Kier alpha value is -2.31. The fraction of sp³-hybridized carbons (Fsp3) is 0.542. The van der Waals surface area contributed by atoms with Crippen molar-refractivity contribution in [3.63, 3.8) is 0 Å². The summed E-state index contributed by atoms with van der Waals surface area (Å²) in [6.45, 7) is 2.04. The van der Waals surface area contributed by atoms with E-state index in [1.807, 2.05) is 6.07 Å². The molecule has 1 saturated carbocycles. The molecule has 3 aliphatic heterocycles. The number of aromatic nitrogens is 1. The average molecular weight is 408 g/mol. The van der Waals surface area contributed by atoms with Gasteiger partial charge in [-0.1, -0.05) is 6.42 Å². The van der Waals surface area contributed by atoms with Gasteiger partial charge in [0.15, 0.2) is 5.60 Å². The van der Waals surface area contributed by atoms with Crippen LogP contribution in [0.4, 0.5) is 0 Å². The van der Waals surface area contributed by atoms with Crippen LogP contribution in [-0.2, 0) is 16.0 Å². The maximum atomic E-state index is 12.2. The summed E-state index contributed by atoms with van der Waals surface area (Å²) in [5.74, 6) is 0.754. The summed E-state index contributed by atoms with van der Waals surface area (Å²) in [6.07, 6.45) is 10.4. The van der Waals surface area contributed by atoms with Crippen molar-refractivity contribution in [1.82, 2.24) is 15.2 Å². The molecule has 2 aromatic rings. The lowest BCUT2D eigenvalue weighted by Gasteiger charge is -2.38. The van der Waals surface area contributed by atoms with Gasteiger partial charge in [0.2, 0.25) is 0 Å². The number of benzene rings is 1. The average Bonchev–Trinajstić information content (AvgIpc) is 3.41. The molecule has 0 radical (unpaired) electrons. The molecule has 158 valence electrons. The summed E-state index contributed by atoms with van der Waals surface area (Å²) < 4.78 is 11.4. The number of carbonyl (C=O) groups is 1. The van der Waals surface area contributed by atoms with E-state index in [9.17, 15) is 4.79 Å². The number of carbonyl (C=O) groups excluding carboxylic acids is 1. The molecule has 0 amide bonds. The Balaban J connectivity index is 1.20. The highest BCUT2D eigenvalue weighted by molar-refractivity contribution is 5.87. The van der Waals surface area contributed by atoms with Crippen LogP contribution in [0, 0.1) is 0 Å². The number of nitrogens with one attached hydrogen (secondary N) is 2. The van der Waals surface area contributed by atoms with Crippen molar-refractivity contribution >= 4 is 16.9 Å². The number of H-pyrrole nitrogens is 1. The van der Waals surface area contributed by atoms with Gasteiger partial charge in [-0.25, -0.2) is 4.79 Å². The van der Waals surface area contributed by atoms with Gasteiger partial charge >= 0.3 is 5.97 Å². The van der Waals surface area contributed by atoms with Crippen LogP contribution >= 0.6 is 0 Å². The van der Waals surface area contributed by atoms with Crippen molar-refractivity contribution in [2.24, 2.45) is 0 Å². The molecule has 6 nitrogen and oxygen atoms in total. The van der Waals surface area contributed by atoms with Gasteiger partial charge in [-0.3, -0.25) is 4.90 Å². The number of hydrogen-bond donors (Lipinski definition) is 2. The molecule has 1 aliphatic carbocycles. The molecule has 2 bridgehead atoms.